The minimum atomic E-state index is 0.390. The molecule has 8 aromatic carbocycles. The Morgan fingerprint density at radius 2 is 0.776 bits per heavy atom. The first-order valence-electron chi connectivity index (χ1n) is 19.2. The van der Waals surface area contributed by atoms with Gasteiger partial charge in [0.1, 0.15) is 11.6 Å². The Kier molecular flexibility index (Phi) is 8.01. The van der Waals surface area contributed by atoms with Gasteiger partial charge in [0.05, 0.1) is 56.7 Å². The Balaban J connectivity index is 1.36. The van der Waals surface area contributed by atoms with E-state index in [9.17, 15) is 15.8 Å². The third kappa shape index (κ3) is 5.36. The van der Waals surface area contributed by atoms with Crippen molar-refractivity contribution in [1.82, 2.24) is 9.13 Å². The molecule has 0 radical (unpaired) electrons. The first kappa shape index (κ1) is 34.3. The quantitative estimate of drug-likeness (QED) is 0.176. The molecule has 2 aromatic heterocycles. The zero-order valence-corrected chi connectivity index (χ0v) is 31.8. The van der Waals surface area contributed by atoms with Gasteiger partial charge in [-0.25, -0.2) is 0 Å². The van der Waals surface area contributed by atoms with Gasteiger partial charge in [0.25, 0.3) is 0 Å². The topological polar surface area (TPSA) is 81.2 Å². The number of hydrogen-bond acceptors (Lipinski definition) is 3. The highest BCUT2D eigenvalue weighted by Gasteiger charge is 2.23. The lowest BCUT2D eigenvalue weighted by Crippen LogP contribution is -2.05. The molecular weight excluding hydrogens is 707 g/mol. The fourth-order valence-electron chi connectivity index (χ4n) is 8.76. The molecule has 0 aliphatic rings. The number of aryl methyl sites for hydroxylation is 2. The molecule has 0 atom stereocenters. The van der Waals surface area contributed by atoms with Gasteiger partial charge in [0, 0.05) is 21.5 Å². The number of hydrogen-bond donors (Lipinski definition) is 0. The van der Waals surface area contributed by atoms with Crippen LogP contribution in [0.4, 0.5) is 0 Å². The summed E-state index contributed by atoms with van der Waals surface area (Å²) in [4.78, 5) is 0. The Morgan fingerprint density at radius 3 is 1.22 bits per heavy atom. The average Bonchev–Trinajstić information content (AvgIpc) is 3.78. The summed E-state index contributed by atoms with van der Waals surface area (Å²) in [6.45, 7) is 4.25. The van der Waals surface area contributed by atoms with E-state index >= 15 is 0 Å². The van der Waals surface area contributed by atoms with Crippen molar-refractivity contribution in [1.29, 1.82) is 15.8 Å². The molecule has 0 saturated heterocycles. The fraction of sp³-hybridized carbons (Fsp3) is 0.0377. The molecule has 270 valence electrons. The van der Waals surface area contributed by atoms with Crippen LogP contribution in [0.15, 0.2) is 164 Å². The van der Waals surface area contributed by atoms with E-state index in [-0.39, 0.29) is 0 Å². The van der Waals surface area contributed by atoms with E-state index in [2.05, 4.69) is 163 Å². The molecule has 0 saturated carbocycles. The number of rotatable bonds is 5. The third-order valence-electron chi connectivity index (χ3n) is 11.5. The molecule has 0 aliphatic heterocycles. The van der Waals surface area contributed by atoms with Crippen LogP contribution < -0.4 is 0 Å². The molecule has 0 aliphatic carbocycles. The second-order valence-electron chi connectivity index (χ2n) is 14.8. The van der Waals surface area contributed by atoms with E-state index in [1.54, 1.807) is 6.07 Å². The Morgan fingerprint density at radius 1 is 0.362 bits per heavy atom. The second kappa shape index (κ2) is 13.5. The van der Waals surface area contributed by atoms with Crippen LogP contribution in [0.5, 0.6) is 0 Å². The number of para-hydroxylation sites is 2. The summed E-state index contributed by atoms with van der Waals surface area (Å²) < 4.78 is 4.42. The number of benzene rings is 8. The summed E-state index contributed by atoms with van der Waals surface area (Å²) in [7, 11) is 0. The molecule has 5 nitrogen and oxygen atoms in total. The molecule has 58 heavy (non-hydrogen) atoms. The molecule has 0 unspecified atom stereocenters. The highest BCUT2D eigenvalue weighted by atomic mass is 15.0. The standard InChI is InChI=1S/C53H33N5/c1-33-11-3-5-13-41(33)37-19-21-45-43-15-7-9-17-48(43)57(50(45)26-37)52-28-40(39-24-35(30-54)23-36(25-39)31-55)29-53(47(52)32-56)58-49-18-10-8-16-44(49)46-22-20-38(27-51(46)58)42-14-6-4-12-34(42)2/h3-29H,1-2H3. The van der Waals surface area contributed by atoms with Crippen LogP contribution in [0.2, 0.25) is 0 Å². The molecule has 0 N–H and O–H groups in total. The van der Waals surface area contributed by atoms with Crippen LogP contribution in [-0.2, 0) is 0 Å². The maximum Gasteiger partial charge on any atom is 0.104 e. The lowest BCUT2D eigenvalue weighted by atomic mass is 9.96. The minimum Gasteiger partial charge on any atom is -0.308 e. The number of nitrogens with zero attached hydrogens (tertiary/aromatic N) is 5. The Labute approximate surface area is 335 Å². The van der Waals surface area contributed by atoms with E-state index in [0.29, 0.717) is 33.6 Å². The summed E-state index contributed by atoms with van der Waals surface area (Å²) >= 11 is 0. The van der Waals surface area contributed by atoms with Crippen molar-refractivity contribution in [3.05, 3.63) is 192 Å². The molecule has 5 heteroatoms. The summed E-state index contributed by atoms with van der Waals surface area (Å²) in [6.07, 6.45) is 0. The summed E-state index contributed by atoms with van der Waals surface area (Å²) in [5, 5.41) is 35.9. The molecular formula is C53H33N5. The maximum absolute atomic E-state index is 11.5. The van der Waals surface area contributed by atoms with Gasteiger partial charge in [-0.05, 0) is 113 Å². The van der Waals surface area contributed by atoms with Crippen LogP contribution in [-0.4, -0.2) is 9.13 Å². The summed E-state index contributed by atoms with van der Waals surface area (Å²) in [5.74, 6) is 0. The third-order valence-corrected chi connectivity index (χ3v) is 11.5. The van der Waals surface area contributed by atoms with Crippen molar-refractivity contribution >= 4 is 43.6 Å². The highest BCUT2D eigenvalue weighted by Crippen LogP contribution is 2.42. The van der Waals surface area contributed by atoms with E-state index in [1.165, 1.54) is 11.1 Å². The molecule has 10 rings (SSSR count). The van der Waals surface area contributed by atoms with Crippen molar-refractivity contribution < 1.29 is 0 Å². The first-order chi connectivity index (χ1) is 28.4. The lowest BCUT2D eigenvalue weighted by Gasteiger charge is -2.19. The van der Waals surface area contributed by atoms with Crippen molar-refractivity contribution in [2.45, 2.75) is 13.8 Å². The smallest absolute Gasteiger partial charge is 0.104 e. The van der Waals surface area contributed by atoms with Gasteiger partial charge >= 0.3 is 0 Å². The fourth-order valence-corrected chi connectivity index (χ4v) is 8.76. The monoisotopic (exact) mass is 739 g/mol. The van der Waals surface area contributed by atoms with Gasteiger partial charge in [0.2, 0.25) is 0 Å². The number of nitriles is 3. The SMILES string of the molecule is Cc1ccccc1-c1ccc2c3ccccc3n(-c3cc(-c4cc(C#N)cc(C#N)c4)cc(-n4c5ccccc5c5ccc(-c6ccccc6C)cc54)c3C#N)c2c1. The zero-order valence-electron chi connectivity index (χ0n) is 31.8. The highest BCUT2D eigenvalue weighted by molar-refractivity contribution is 6.12. The molecule has 0 fully saturated rings. The van der Waals surface area contributed by atoms with Gasteiger partial charge in [-0.1, -0.05) is 109 Å². The van der Waals surface area contributed by atoms with E-state index in [0.717, 1.165) is 71.4 Å². The molecule has 0 spiro atoms. The van der Waals surface area contributed by atoms with Gasteiger partial charge < -0.3 is 9.13 Å². The van der Waals surface area contributed by atoms with Crippen LogP contribution in [0.1, 0.15) is 27.8 Å². The lowest BCUT2D eigenvalue weighted by molar-refractivity contribution is 1.12. The normalized spacial score (nSPS) is 11.2. The minimum absolute atomic E-state index is 0.390. The molecule has 2 heterocycles. The Bertz CT molecular complexity index is 3250. The van der Waals surface area contributed by atoms with Gasteiger partial charge in [-0.15, -0.1) is 0 Å². The van der Waals surface area contributed by atoms with Gasteiger partial charge in [-0.3, -0.25) is 0 Å². The molecule has 10 aromatic rings. The molecule has 0 amide bonds. The zero-order chi connectivity index (χ0) is 39.5. The molecule has 0 bridgehead atoms. The van der Waals surface area contributed by atoms with E-state index < -0.39 is 0 Å². The second-order valence-corrected chi connectivity index (χ2v) is 14.8. The number of fused-ring (bicyclic) bond motifs is 6. The first-order valence-corrected chi connectivity index (χ1v) is 19.2. The van der Waals surface area contributed by atoms with Crippen LogP contribution in [0.25, 0.3) is 88.4 Å². The summed E-state index contributed by atoms with van der Waals surface area (Å²) in [5.41, 5.74) is 14.8. The Hall–Kier alpha value is -8.17. The van der Waals surface area contributed by atoms with Gasteiger partial charge in [0.15, 0.2) is 0 Å². The summed E-state index contributed by atoms with van der Waals surface area (Å²) in [6, 6.07) is 63.1. The van der Waals surface area contributed by atoms with E-state index in [1.807, 2.05) is 36.4 Å². The predicted molar refractivity (Wildman–Crippen MR) is 235 cm³/mol. The predicted octanol–water partition coefficient (Wildman–Crippen LogP) is 13.1. The van der Waals surface area contributed by atoms with Crippen molar-refractivity contribution in [2.24, 2.45) is 0 Å². The van der Waals surface area contributed by atoms with Crippen molar-refractivity contribution in [3.63, 3.8) is 0 Å². The maximum atomic E-state index is 11.5. The van der Waals surface area contributed by atoms with Crippen molar-refractivity contribution in [3.8, 4) is 63.0 Å². The van der Waals surface area contributed by atoms with E-state index in [4.69, 9.17) is 0 Å². The van der Waals surface area contributed by atoms with Crippen LogP contribution in [0, 0.1) is 47.8 Å². The van der Waals surface area contributed by atoms with Crippen molar-refractivity contribution in [2.75, 3.05) is 0 Å². The average molecular weight is 740 g/mol. The van der Waals surface area contributed by atoms with Crippen LogP contribution in [0.3, 0.4) is 0 Å². The van der Waals surface area contributed by atoms with Gasteiger partial charge in [-0.2, -0.15) is 15.8 Å². The largest absolute Gasteiger partial charge is 0.308 e. The number of aromatic nitrogens is 2. The van der Waals surface area contributed by atoms with Crippen LogP contribution >= 0.6 is 0 Å².